The van der Waals surface area contributed by atoms with Crippen LogP contribution in [0.4, 0.5) is 0 Å². The second-order valence-electron chi connectivity index (χ2n) is 4.16. The fraction of sp³-hybridized carbons (Fsp3) is 0.500. The Morgan fingerprint density at radius 3 is 2.71 bits per heavy atom. The van der Waals surface area contributed by atoms with Gasteiger partial charge >= 0.3 is 0 Å². The Hall–Kier alpha value is -0.860. The molecule has 0 radical (unpaired) electrons. The maximum absolute atomic E-state index is 9.16. The summed E-state index contributed by atoms with van der Waals surface area (Å²) in [4.78, 5) is 0. The van der Waals surface area contributed by atoms with Crippen LogP contribution in [0.3, 0.4) is 0 Å². The van der Waals surface area contributed by atoms with E-state index in [1.807, 2.05) is 25.1 Å². The first-order chi connectivity index (χ1) is 6.73. The molecule has 0 aliphatic carbocycles. The van der Waals surface area contributed by atoms with E-state index < -0.39 is 0 Å². The van der Waals surface area contributed by atoms with Gasteiger partial charge in [0.25, 0.3) is 0 Å². The molecule has 1 aliphatic rings. The summed E-state index contributed by atoms with van der Waals surface area (Å²) < 4.78 is 5.83. The fourth-order valence-electron chi connectivity index (χ4n) is 1.92. The highest BCUT2D eigenvalue weighted by Crippen LogP contribution is 2.38. The molecule has 0 aromatic heterocycles. The number of hydrogen-bond acceptors (Lipinski definition) is 2. The highest BCUT2D eigenvalue weighted by atomic mass is 16.5. The van der Waals surface area contributed by atoms with Gasteiger partial charge in [0.1, 0.15) is 0 Å². The van der Waals surface area contributed by atoms with E-state index in [1.165, 1.54) is 5.56 Å². The molecule has 1 saturated heterocycles. The van der Waals surface area contributed by atoms with Gasteiger partial charge in [0, 0.05) is 0 Å². The molecule has 2 heteroatoms. The van der Waals surface area contributed by atoms with Gasteiger partial charge in [0.05, 0.1) is 18.3 Å². The number of benzene rings is 1. The lowest BCUT2D eigenvalue weighted by molar-refractivity contribution is -0.0618. The summed E-state index contributed by atoms with van der Waals surface area (Å²) in [6, 6.07) is 10.2. The van der Waals surface area contributed by atoms with E-state index in [0.717, 1.165) is 12.8 Å². The molecule has 1 aliphatic heterocycles. The van der Waals surface area contributed by atoms with Crippen LogP contribution in [0.5, 0.6) is 0 Å². The zero-order valence-corrected chi connectivity index (χ0v) is 8.44. The van der Waals surface area contributed by atoms with E-state index >= 15 is 0 Å². The Kier molecular flexibility index (Phi) is 2.57. The predicted molar refractivity (Wildman–Crippen MR) is 55.0 cm³/mol. The minimum atomic E-state index is -0.333. The molecule has 2 atom stereocenters. The van der Waals surface area contributed by atoms with E-state index in [0.29, 0.717) is 0 Å². The average molecular weight is 192 g/mol. The first-order valence-electron chi connectivity index (χ1n) is 5.07. The predicted octanol–water partition coefficient (Wildman–Crippen LogP) is 2.29. The summed E-state index contributed by atoms with van der Waals surface area (Å²) in [7, 11) is 0. The molecular formula is C12H16O2. The second kappa shape index (κ2) is 3.71. The Morgan fingerprint density at radius 1 is 1.43 bits per heavy atom. The molecule has 14 heavy (non-hydrogen) atoms. The molecule has 76 valence electrons. The van der Waals surface area contributed by atoms with E-state index in [1.54, 1.807) is 0 Å². The molecule has 0 bridgehead atoms. The lowest BCUT2D eigenvalue weighted by atomic mass is 10.0. The van der Waals surface area contributed by atoms with Crippen molar-refractivity contribution in [3.63, 3.8) is 0 Å². The SMILES string of the molecule is C[C@@]1(CO)CC[C@@H](c2ccccc2)O1. The summed E-state index contributed by atoms with van der Waals surface area (Å²) in [5, 5.41) is 9.16. The van der Waals surface area contributed by atoms with E-state index in [4.69, 9.17) is 9.84 Å². The molecule has 1 N–H and O–H groups in total. The van der Waals surface area contributed by atoms with Crippen LogP contribution in [-0.4, -0.2) is 17.3 Å². The van der Waals surface area contributed by atoms with E-state index in [-0.39, 0.29) is 18.3 Å². The molecule has 1 aromatic carbocycles. The third kappa shape index (κ3) is 1.81. The number of ether oxygens (including phenoxy) is 1. The van der Waals surface area contributed by atoms with Crippen molar-refractivity contribution in [1.82, 2.24) is 0 Å². The summed E-state index contributed by atoms with van der Waals surface area (Å²) >= 11 is 0. The molecule has 0 spiro atoms. The van der Waals surface area contributed by atoms with E-state index in [9.17, 15) is 0 Å². The molecule has 2 nitrogen and oxygen atoms in total. The number of aliphatic hydroxyl groups is 1. The standard InChI is InChI=1S/C12H16O2/c1-12(9-13)8-7-11(14-12)10-5-3-2-4-6-10/h2-6,11,13H,7-9H2,1H3/t11-,12-/m0/s1. The van der Waals surface area contributed by atoms with Crippen LogP contribution in [0, 0.1) is 0 Å². The highest BCUT2D eigenvalue weighted by Gasteiger charge is 2.35. The van der Waals surface area contributed by atoms with Crippen molar-refractivity contribution in [3.8, 4) is 0 Å². The Morgan fingerprint density at radius 2 is 2.14 bits per heavy atom. The first kappa shape index (κ1) is 9.69. The summed E-state index contributed by atoms with van der Waals surface area (Å²) in [6.45, 7) is 2.08. The summed E-state index contributed by atoms with van der Waals surface area (Å²) in [6.07, 6.45) is 2.10. The van der Waals surface area contributed by atoms with Gasteiger partial charge in [-0.05, 0) is 25.3 Å². The highest BCUT2D eigenvalue weighted by molar-refractivity contribution is 5.18. The molecule has 1 heterocycles. The Balaban J connectivity index is 2.10. The van der Waals surface area contributed by atoms with Gasteiger partial charge in [-0.25, -0.2) is 0 Å². The Labute approximate surface area is 84.5 Å². The van der Waals surface area contributed by atoms with Crippen molar-refractivity contribution < 1.29 is 9.84 Å². The molecule has 2 rings (SSSR count). The van der Waals surface area contributed by atoms with Crippen molar-refractivity contribution in [1.29, 1.82) is 0 Å². The zero-order valence-electron chi connectivity index (χ0n) is 8.44. The molecule has 0 amide bonds. The van der Waals surface area contributed by atoms with Crippen LogP contribution in [0.2, 0.25) is 0 Å². The van der Waals surface area contributed by atoms with Gasteiger partial charge in [-0.2, -0.15) is 0 Å². The van der Waals surface area contributed by atoms with Crippen molar-refractivity contribution in [2.24, 2.45) is 0 Å². The van der Waals surface area contributed by atoms with Gasteiger partial charge in [0.15, 0.2) is 0 Å². The van der Waals surface area contributed by atoms with Crippen molar-refractivity contribution >= 4 is 0 Å². The fourth-order valence-corrected chi connectivity index (χ4v) is 1.92. The number of rotatable bonds is 2. The van der Waals surface area contributed by atoms with Gasteiger partial charge in [-0.1, -0.05) is 30.3 Å². The molecule has 0 unspecified atom stereocenters. The quantitative estimate of drug-likeness (QED) is 0.779. The van der Waals surface area contributed by atoms with Crippen molar-refractivity contribution in [2.45, 2.75) is 31.5 Å². The van der Waals surface area contributed by atoms with Crippen LogP contribution in [0.1, 0.15) is 31.4 Å². The van der Waals surface area contributed by atoms with Crippen LogP contribution < -0.4 is 0 Å². The largest absolute Gasteiger partial charge is 0.393 e. The normalized spacial score (nSPS) is 32.0. The van der Waals surface area contributed by atoms with Crippen LogP contribution in [-0.2, 0) is 4.74 Å². The van der Waals surface area contributed by atoms with E-state index in [2.05, 4.69) is 12.1 Å². The molecule has 1 fully saturated rings. The van der Waals surface area contributed by atoms with Crippen LogP contribution >= 0.6 is 0 Å². The smallest absolute Gasteiger partial charge is 0.0893 e. The van der Waals surface area contributed by atoms with Gasteiger partial charge in [-0.3, -0.25) is 0 Å². The van der Waals surface area contributed by atoms with Crippen molar-refractivity contribution in [3.05, 3.63) is 35.9 Å². The minimum absolute atomic E-state index is 0.107. The lowest BCUT2D eigenvalue weighted by Gasteiger charge is -2.22. The lowest BCUT2D eigenvalue weighted by Crippen LogP contribution is -2.27. The summed E-state index contributed by atoms with van der Waals surface area (Å²) in [5.74, 6) is 0. The maximum atomic E-state index is 9.16. The number of hydrogen-bond donors (Lipinski definition) is 1. The summed E-state index contributed by atoms with van der Waals surface area (Å²) in [5.41, 5.74) is 0.880. The maximum Gasteiger partial charge on any atom is 0.0893 e. The average Bonchev–Trinajstić information content (AvgIpc) is 2.63. The van der Waals surface area contributed by atoms with Crippen LogP contribution in [0.15, 0.2) is 30.3 Å². The number of aliphatic hydroxyl groups excluding tert-OH is 1. The van der Waals surface area contributed by atoms with Gasteiger partial charge < -0.3 is 9.84 Å². The topological polar surface area (TPSA) is 29.5 Å². The van der Waals surface area contributed by atoms with Crippen LogP contribution in [0.25, 0.3) is 0 Å². The zero-order chi connectivity index (χ0) is 10.0. The monoisotopic (exact) mass is 192 g/mol. The third-order valence-electron chi connectivity index (χ3n) is 2.87. The Bertz CT molecular complexity index is 296. The third-order valence-corrected chi connectivity index (χ3v) is 2.87. The van der Waals surface area contributed by atoms with Gasteiger partial charge in [-0.15, -0.1) is 0 Å². The molecular weight excluding hydrogens is 176 g/mol. The molecule has 0 saturated carbocycles. The minimum Gasteiger partial charge on any atom is -0.393 e. The first-order valence-corrected chi connectivity index (χ1v) is 5.07. The van der Waals surface area contributed by atoms with Crippen molar-refractivity contribution in [2.75, 3.05) is 6.61 Å². The van der Waals surface area contributed by atoms with Gasteiger partial charge in [0.2, 0.25) is 0 Å². The molecule has 1 aromatic rings. The second-order valence-corrected chi connectivity index (χ2v) is 4.16.